The van der Waals surface area contributed by atoms with Crippen molar-refractivity contribution in [2.45, 2.75) is 26.0 Å². The van der Waals surface area contributed by atoms with Crippen molar-refractivity contribution in [3.05, 3.63) is 53.6 Å². The molecule has 134 valence electrons. The van der Waals surface area contributed by atoms with Gasteiger partial charge in [0.25, 0.3) is 0 Å². The second-order valence-corrected chi connectivity index (χ2v) is 7.24. The molecule has 0 radical (unpaired) electrons. The lowest BCUT2D eigenvalue weighted by Crippen LogP contribution is -2.24. The molecule has 0 aliphatic rings. The SMILES string of the molecule is COc1ccc(OCCSC(C)C(=O)Nc2c(C)cccc2C)cc1. The van der Waals surface area contributed by atoms with Crippen molar-refractivity contribution in [3.63, 3.8) is 0 Å². The van der Waals surface area contributed by atoms with Gasteiger partial charge in [0, 0.05) is 11.4 Å². The van der Waals surface area contributed by atoms with Gasteiger partial charge in [-0.05, 0) is 56.2 Å². The topological polar surface area (TPSA) is 47.6 Å². The van der Waals surface area contributed by atoms with Crippen molar-refractivity contribution in [1.29, 1.82) is 0 Å². The highest BCUT2D eigenvalue weighted by molar-refractivity contribution is 8.00. The van der Waals surface area contributed by atoms with Crippen molar-refractivity contribution in [2.75, 3.05) is 24.8 Å². The van der Waals surface area contributed by atoms with Crippen LogP contribution in [-0.4, -0.2) is 30.6 Å². The first-order chi connectivity index (χ1) is 12.0. The molecule has 2 rings (SSSR count). The number of methoxy groups -OCH3 is 1. The number of anilines is 1. The third-order valence-corrected chi connectivity index (χ3v) is 4.99. The lowest BCUT2D eigenvalue weighted by Gasteiger charge is -2.15. The highest BCUT2D eigenvalue weighted by atomic mass is 32.2. The Balaban J connectivity index is 1.75. The average molecular weight is 359 g/mol. The van der Waals surface area contributed by atoms with Gasteiger partial charge >= 0.3 is 0 Å². The first-order valence-corrected chi connectivity index (χ1v) is 9.31. The standard InChI is InChI=1S/C20H25NO3S/c1-14-6-5-7-15(2)19(14)21-20(22)16(3)25-13-12-24-18-10-8-17(23-4)9-11-18/h5-11,16H,12-13H2,1-4H3,(H,21,22). The molecule has 2 aromatic carbocycles. The van der Waals surface area contributed by atoms with Crippen LogP contribution in [0.3, 0.4) is 0 Å². The van der Waals surface area contributed by atoms with Crippen LogP contribution in [-0.2, 0) is 4.79 Å². The van der Waals surface area contributed by atoms with E-state index in [1.165, 1.54) is 0 Å². The summed E-state index contributed by atoms with van der Waals surface area (Å²) in [5.74, 6) is 2.37. The fourth-order valence-corrected chi connectivity index (χ4v) is 3.11. The Morgan fingerprint density at radius 1 is 1.08 bits per heavy atom. The second kappa shape index (κ2) is 9.37. The molecule has 2 aromatic rings. The van der Waals surface area contributed by atoms with Crippen LogP contribution >= 0.6 is 11.8 Å². The molecule has 0 aliphatic heterocycles. The molecule has 0 fully saturated rings. The Labute approximate surface area is 153 Å². The molecular formula is C20H25NO3S. The maximum atomic E-state index is 12.4. The fraction of sp³-hybridized carbons (Fsp3) is 0.350. The van der Waals surface area contributed by atoms with E-state index in [4.69, 9.17) is 9.47 Å². The first-order valence-electron chi connectivity index (χ1n) is 8.27. The molecule has 0 heterocycles. The van der Waals surface area contributed by atoms with E-state index in [2.05, 4.69) is 5.32 Å². The Bertz CT molecular complexity index is 680. The van der Waals surface area contributed by atoms with Gasteiger partial charge in [0.15, 0.2) is 0 Å². The number of ether oxygens (including phenoxy) is 2. The second-order valence-electron chi connectivity index (χ2n) is 5.79. The van der Waals surface area contributed by atoms with Crippen molar-refractivity contribution in [1.82, 2.24) is 0 Å². The smallest absolute Gasteiger partial charge is 0.237 e. The first kappa shape index (κ1) is 19.2. The minimum absolute atomic E-state index is 0.0202. The largest absolute Gasteiger partial charge is 0.497 e. The molecule has 1 amide bonds. The Kier molecular flexibility index (Phi) is 7.19. The predicted octanol–water partition coefficient (Wildman–Crippen LogP) is 4.45. The van der Waals surface area contributed by atoms with Crippen LogP contribution in [0, 0.1) is 13.8 Å². The van der Waals surface area contributed by atoms with E-state index in [1.807, 2.05) is 63.2 Å². The Morgan fingerprint density at radius 3 is 2.28 bits per heavy atom. The number of hydrogen-bond donors (Lipinski definition) is 1. The Morgan fingerprint density at radius 2 is 1.68 bits per heavy atom. The summed E-state index contributed by atoms with van der Waals surface area (Å²) in [5, 5.41) is 2.89. The summed E-state index contributed by atoms with van der Waals surface area (Å²) in [6, 6.07) is 13.5. The van der Waals surface area contributed by atoms with E-state index in [0.717, 1.165) is 34.1 Å². The summed E-state index contributed by atoms with van der Waals surface area (Å²) in [5.41, 5.74) is 3.07. The molecular weight excluding hydrogens is 334 g/mol. The molecule has 1 unspecified atom stereocenters. The number of hydrogen-bond acceptors (Lipinski definition) is 4. The van der Waals surface area contributed by atoms with Gasteiger partial charge in [-0.3, -0.25) is 4.79 Å². The lowest BCUT2D eigenvalue weighted by molar-refractivity contribution is -0.115. The number of aryl methyl sites for hydroxylation is 2. The van der Waals surface area contributed by atoms with Crippen LogP contribution in [0.25, 0.3) is 0 Å². The summed E-state index contributed by atoms with van der Waals surface area (Å²) in [7, 11) is 1.64. The maximum Gasteiger partial charge on any atom is 0.237 e. The third-order valence-electron chi connectivity index (χ3n) is 3.88. The van der Waals surface area contributed by atoms with Gasteiger partial charge in [-0.15, -0.1) is 11.8 Å². The molecule has 1 N–H and O–H groups in total. The summed E-state index contributed by atoms with van der Waals surface area (Å²) < 4.78 is 10.8. The van der Waals surface area contributed by atoms with E-state index >= 15 is 0 Å². The quantitative estimate of drug-likeness (QED) is 0.707. The summed E-state index contributed by atoms with van der Waals surface area (Å²) >= 11 is 1.58. The zero-order chi connectivity index (χ0) is 18.2. The molecule has 0 aromatic heterocycles. The number of benzene rings is 2. The number of thioether (sulfide) groups is 1. The molecule has 1 atom stereocenters. The predicted molar refractivity (Wildman–Crippen MR) is 105 cm³/mol. The van der Waals surface area contributed by atoms with Crippen molar-refractivity contribution in [2.24, 2.45) is 0 Å². The van der Waals surface area contributed by atoms with Crippen molar-refractivity contribution in [3.8, 4) is 11.5 Å². The summed E-state index contributed by atoms with van der Waals surface area (Å²) in [6.07, 6.45) is 0. The molecule has 0 saturated carbocycles. The van der Waals surface area contributed by atoms with Gasteiger partial charge in [-0.2, -0.15) is 0 Å². The van der Waals surface area contributed by atoms with Crippen molar-refractivity contribution >= 4 is 23.4 Å². The monoisotopic (exact) mass is 359 g/mol. The highest BCUT2D eigenvalue weighted by Gasteiger charge is 2.15. The minimum Gasteiger partial charge on any atom is -0.497 e. The summed E-state index contributed by atoms with van der Waals surface area (Å²) in [4.78, 5) is 12.4. The van der Waals surface area contributed by atoms with Crippen LogP contribution in [0.1, 0.15) is 18.1 Å². The van der Waals surface area contributed by atoms with E-state index in [1.54, 1.807) is 18.9 Å². The van der Waals surface area contributed by atoms with E-state index in [9.17, 15) is 4.79 Å². The summed E-state index contributed by atoms with van der Waals surface area (Å²) in [6.45, 7) is 6.48. The Hall–Kier alpha value is -2.14. The molecule has 0 spiro atoms. The van der Waals surface area contributed by atoms with Crippen LogP contribution in [0.15, 0.2) is 42.5 Å². The van der Waals surface area contributed by atoms with Crippen LogP contribution < -0.4 is 14.8 Å². The molecule has 0 saturated heterocycles. The van der Waals surface area contributed by atoms with Gasteiger partial charge in [-0.1, -0.05) is 18.2 Å². The van der Waals surface area contributed by atoms with Crippen molar-refractivity contribution < 1.29 is 14.3 Å². The van der Waals surface area contributed by atoms with Crippen LogP contribution in [0.5, 0.6) is 11.5 Å². The zero-order valence-corrected chi connectivity index (χ0v) is 16.0. The number of carbonyl (C=O) groups excluding carboxylic acids is 1. The fourth-order valence-electron chi connectivity index (χ4n) is 2.37. The van der Waals surface area contributed by atoms with E-state index < -0.39 is 0 Å². The molecule has 25 heavy (non-hydrogen) atoms. The van der Waals surface area contributed by atoms with Gasteiger partial charge in [0.1, 0.15) is 11.5 Å². The van der Waals surface area contributed by atoms with Gasteiger partial charge in [-0.25, -0.2) is 0 Å². The van der Waals surface area contributed by atoms with E-state index in [0.29, 0.717) is 6.61 Å². The number of para-hydroxylation sites is 1. The van der Waals surface area contributed by atoms with Crippen LogP contribution in [0.2, 0.25) is 0 Å². The minimum atomic E-state index is -0.140. The number of amides is 1. The zero-order valence-electron chi connectivity index (χ0n) is 15.2. The van der Waals surface area contributed by atoms with Gasteiger partial charge < -0.3 is 14.8 Å². The van der Waals surface area contributed by atoms with Crippen LogP contribution in [0.4, 0.5) is 5.69 Å². The van der Waals surface area contributed by atoms with Gasteiger partial charge in [0.2, 0.25) is 5.91 Å². The molecule has 5 heteroatoms. The normalized spacial score (nSPS) is 11.7. The van der Waals surface area contributed by atoms with Gasteiger partial charge in [0.05, 0.1) is 19.0 Å². The average Bonchev–Trinajstić information content (AvgIpc) is 2.62. The number of nitrogens with one attached hydrogen (secondary N) is 1. The third kappa shape index (κ3) is 5.71. The van der Waals surface area contributed by atoms with E-state index in [-0.39, 0.29) is 11.2 Å². The molecule has 0 aliphatic carbocycles. The number of rotatable bonds is 8. The molecule has 4 nitrogen and oxygen atoms in total. The molecule has 0 bridgehead atoms. The number of carbonyl (C=O) groups is 1. The lowest BCUT2D eigenvalue weighted by atomic mass is 10.1. The highest BCUT2D eigenvalue weighted by Crippen LogP contribution is 2.22. The maximum absolute atomic E-state index is 12.4.